The Bertz CT molecular complexity index is 1010. The number of fused-ring (bicyclic) bond motifs is 2. The van der Waals surface area contributed by atoms with Crippen molar-refractivity contribution in [1.82, 2.24) is 15.2 Å². The lowest BCUT2D eigenvalue weighted by Gasteiger charge is -2.23. The lowest BCUT2D eigenvalue weighted by atomic mass is 9.77. The Morgan fingerprint density at radius 1 is 1.32 bits per heavy atom. The van der Waals surface area contributed by atoms with Crippen LogP contribution in [0.1, 0.15) is 18.4 Å². The molecular formula is C22H23N3O3. The number of para-hydroxylation sites is 1. The molecule has 3 fully saturated rings. The van der Waals surface area contributed by atoms with Crippen molar-refractivity contribution in [2.24, 2.45) is 11.8 Å². The maximum atomic E-state index is 13.2. The molecule has 1 spiro atoms. The molecule has 2 N–H and O–H groups in total. The van der Waals surface area contributed by atoms with E-state index in [1.807, 2.05) is 35.4 Å². The predicted octanol–water partition coefficient (Wildman–Crippen LogP) is 1.77. The number of hydrogen-bond acceptors (Lipinski definition) is 3. The second-order valence-electron chi connectivity index (χ2n) is 8.55. The van der Waals surface area contributed by atoms with E-state index in [0.717, 1.165) is 24.8 Å². The van der Waals surface area contributed by atoms with Crippen LogP contribution >= 0.6 is 0 Å². The molecule has 6 nitrogen and oxygen atoms in total. The van der Waals surface area contributed by atoms with Crippen LogP contribution in [0, 0.1) is 11.8 Å². The molecule has 1 aromatic carbocycles. The molecule has 6 rings (SSSR count). The predicted molar refractivity (Wildman–Crippen MR) is 103 cm³/mol. The summed E-state index contributed by atoms with van der Waals surface area (Å²) in [6.45, 7) is 1.18. The van der Waals surface area contributed by atoms with Gasteiger partial charge < -0.3 is 19.9 Å². The molecule has 3 aliphatic heterocycles. The van der Waals surface area contributed by atoms with Crippen molar-refractivity contribution in [3.05, 3.63) is 48.2 Å². The van der Waals surface area contributed by atoms with Crippen LogP contribution in [0.2, 0.25) is 0 Å². The fourth-order valence-corrected chi connectivity index (χ4v) is 5.19. The highest BCUT2D eigenvalue weighted by Crippen LogP contribution is 2.52. The van der Waals surface area contributed by atoms with Crippen LogP contribution in [0.3, 0.4) is 0 Å². The molecule has 2 saturated heterocycles. The third kappa shape index (κ3) is 2.30. The van der Waals surface area contributed by atoms with Gasteiger partial charge in [-0.05, 0) is 30.9 Å². The quantitative estimate of drug-likeness (QED) is 0.780. The second-order valence-corrected chi connectivity index (χ2v) is 8.55. The van der Waals surface area contributed by atoms with Gasteiger partial charge in [-0.3, -0.25) is 9.59 Å². The molecule has 2 amide bonds. The Labute approximate surface area is 162 Å². The van der Waals surface area contributed by atoms with Crippen LogP contribution in [-0.2, 0) is 20.7 Å². The first-order valence-electron chi connectivity index (χ1n) is 10.2. The fourth-order valence-electron chi connectivity index (χ4n) is 5.19. The number of benzene rings is 1. The molecular weight excluding hydrogens is 354 g/mol. The van der Waals surface area contributed by atoms with Crippen molar-refractivity contribution in [3.63, 3.8) is 0 Å². The number of likely N-dealkylation sites (tertiary alicyclic amines) is 1. The number of H-pyrrole nitrogens is 1. The fraction of sp³-hybridized carbons (Fsp3) is 0.455. The molecule has 2 bridgehead atoms. The minimum absolute atomic E-state index is 0.0180. The van der Waals surface area contributed by atoms with Crippen LogP contribution in [-0.4, -0.2) is 52.5 Å². The SMILES string of the molecule is O=C(NC1CC1)[C@@H]1[C@H]2C(=O)N(CCc3c[nH]c4ccccc34)C[C@]23C=C[C@H]1O3. The number of hydrogen-bond donors (Lipinski definition) is 2. The molecule has 144 valence electrons. The molecule has 0 unspecified atom stereocenters. The summed E-state index contributed by atoms with van der Waals surface area (Å²) in [5, 5.41) is 4.27. The highest BCUT2D eigenvalue weighted by Gasteiger charge is 2.66. The first-order valence-corrected chi connectivity index (χ1v) is 10.2. The molecule has 1 aliphatic carbocycles. The first-order chi connectivity index (χ1) is 13.6. The van der Waals surface area contributed by atoms with E-state index in [-0.39, 0.29) is 23.8 Å². The van der Waals surface area contributed by atoms with Crippen molar-refractivity contribution in [2.75, 3.05) is 13.1 Å². The van der Waals surface area contributed by atoms with Gasteiger partial charge in [-0.25, -0.2) is 0 Å². The summed E-state index contributed by atoms with van der Waals surface area (Å²) in [7, 11) is 0. The van der Waals surface area contributed by atoms with Gasteiger partial charge in [0.05, 0.1) is 24.5 Å². The average Bonchev–Trinajstić information content (AvgIpc) is 3.06. The van der Waals surface area contributed by atoms with Gasteiger partial charge in [-0.15, -0.1) is 0 Å². The molecule has 4 atom stereocenters. The molecule has 4 aliphatic rings. The summed E-state index contributed by atoms with van der Waals surface area (Å²) in [4.78, 5) is 31.2. The lowest BCUT2D eigenvalue weighted by Crippen LogP contribution is -2.44. The summed E-state index contributed by atoms with van der Waals surface area (Å²) in [6.07, 6.45) is 8.63. The third-order valence-electron chi connectivity index (χ3n) is 6.73. The average molecular weight is 377 g/mol. The van der Waals surface area contributed by atoms with Crippen LogP contribution in [0.15, 0.2) is 42.6 Å². The minimum atomic E-state index is -0.618. The largest absolute Gasteiger partial charge is 0.361 e. The topological polar surface area (TPSA) is 74.4 Å². The van der Waals surface area contributed by atoms with E-state index >= 15 is 0 Å². The molecule has 28 heavy (non-hydrogen) atoms. The number of nitrogens with one attached hydrogen (secondary N) is 2. The molecule has 1 saturated carbocycles. The van der Waals surface area contributed by atoms with E-state index in [2.05, 4.69) is 22.4 Å². The van der Waals surface area contributed by atoms with Crippen molar-refractivity contribution >= 4 is 22.7 Å². The van der Waals surface area contributed by atoms with E-state index in [0.29, 0.717) is 19.1 Å². The molecule has 2 aromatic rings. The zero-order valence-corrected chi connectivity index (χ0v) is 15.6. The standard InChI is InChI=1S/C22H23N3O3/c26-20(24-14-5-6-14)18-17-7-9-22(28-17)12-25(21(27)19(18)22)10-8-13-11-23-16-4-2-1-3-15(13)16/h1-4,7,9,11,14,17-19,23H,5-6,8,10,12H2,(H,24,26)/t17-,18+,19+,22-/m1/s1. The Hall–Kier alpha value is -2.60. The van der Waals surface area contributed by atoms with Gasteiger partial charge in [0.2, 0.25) is 11.8 Å². The number of amides is 2. The van der Waals surface area contributed by atoms with Gasteiger partial charge in [0.25, 0.3) is 0 Å². The number of ether oxygens (including phenoxy) is 1. The van der Waals surface area contributed by atoms with Crippen molar-refractivity contribution in [1.29, 1.82) is 0 Å². The van der Waals surface area contributed by atoms with Gasteiger partial charge in [0.1, 0.15) is 5.60 Å². The van der Waals surface area contributed by atoms with E-state index < -0.39 is 11.5 Å². The number of aromatic amines is 1. The van der Waals surface area contributed by atoms with E-state index in [1.54, 1.807) is 0 Å². The van der Waals surface area contributed by atoms with Gasteiger partial charge in [0, 0.05) is 29.7 Å². The summed E-state index contributed by atoms with van der Waals surface area (Å²) in [5.74, 6) is -0.737. The van der Waals surface area contributed by atoms with E-state index in [1.165, 1.54) is 10.9 Å². The Morgan fingerprint density at radius 3 is 3.04 bits per heavy atom. The summed E-state index contributed by atoms with van der Waals surface area (Å²) in [6, 6.07) is 8.50. The highest BCUT2D eigenvalue weighted by molar-refractivity contribution is 5.93. The zero-order valence-electron chi connectivity index (χ0n) is 15.6. The number of rotatable bonds is 5. The van der Waals surface area contributed by atoms with E-state index in [4.69, 9.17) is 4.74 Å². The Morgan fingerprint density at radius 2 is 2.18 bits per heavy atom. The maximum Gasteiger partial charge on any atom is 0.230 e. The first kappa shape index (κ1) is 16.4. The smallest absolute Gasteiger partial charge is 0.230 e. The summed E-state index contributed by atoms with van der Waals surface area (Å²) < 4.78 is 6.19. The van der Waals surface area contributed by atoms with Crippen molar-refractivity contribution in [2.45, 2.75) is 37.0 Å². The van der Waals surface area contributed by atoms with Crippen LogP contribution < -0.4 is 5.32 Å². The highest BCUT2D eigenvalue weighted by atomic mass is 16.5. The monoisotopic (exact) mass is 377 g/mol. The normalized spacial score (nSPS) is 33.1. The summed E-state index contributed by atoms with van der Waals surface area (Å²) >= 11 is 0. The Kier molecular flexibility index (Phi) is 3.33. The molecule has 1 aromatic heterocycles. The van der Waals surface area contributed by atoms with Crippen LogP contribution in [0.4, 0.5) is 0 Å². The number of nitrogens with zero attached hydrogens (tertiary/aromatic N) is 1. The zero-order chi connectivity index (χ0) is 18.9. The summed E-state index contributed by atoms with van der Waals surface area (Å²) in [5.41, 5.74) is 1.71. The van der Waals surface area contributed by atoms with Gasteiger partial charge >= 0.3 is 0 Å². The maximum absolute atomic E-state index is 13.2. The minimum Gasteiger partial charge on any atom is -0.361 e. The van der Waals surface area contributed by atoms with Crippen LogP contribution in [0.5, 0.6) is 0 Å². The number of aromatic nitrogens is 1. The van der Waals surface area contributed by atoms with Gasteiger partial charge in [0.15, 0.2) is 0 Å². The second kappa shape index (κ2) is 5.70. The van der Waals surface area contributed by atoms with Crippen molar-refractivity contribution in [3.8, 4) is 0 Å². The number of carbonyl (C=O) groups is 2. The van der Waals surface area contributed by atoms with Gasteiger partial charge in [-0.1, -0.05) is 30.4 Å². The molecule has 0 radical (unpaired) electrons. The third-order valence-corrected chi connectivity index (χ3v) is 6.73. The van der Waals surface area contributed by atoms with Crippen LogP contribution in [0.25, 0.3) is 10.9 Å². The molecule has 6 heteroatoms. The van der Waals surface area contributed by atoms with E-state index in [9.17, 15) is 9.59 Å². The van der Waals surface area contributed by atoms with Gasteiger partial charge in [-0.2, -0.15) is 0 Å². The lowest BCUT2D eigenvalue weighted by molar-refractivity contribution is -0.137. The van der Waals surface area contributed by atoms with Crippen molar-refractivity contribution < 1.29 is 14.3 Å². The Balaban J connectivity index is 1.21. The molecule has 4 heterocycles. The number of carbonyl (C=O) groups excluding carboxylic acids is 2.